The zero-order chi connectivity index (χ0) is 29.3. The Morgan fingerprint density at radius 2 is 1.76 bits per heavy atom. The SMILES string of the molecule is CC(C)(C)c1ccc([C@H](NC(=O)O)C(=O)N2CCC[C@H]2C(=O)Nc2ccc(-c3cc4nc(Br)ccc4[nH]3)cc2)cc1. The average Bonchev–Trinajstić information content (AvgIpc) is 3.59. The van der Waals surface area contributed by atoms with E-state index in [4.69, 9.17) is 0 Å². The molecule has 212 valence electrons. The molecule has 5 rings (SSSR count). The van der Waals surface area contributed by atoms with Crippen molar-refractivity contribution < 1.29 is 19.5 Å². The Morgan fingerprint density at radius 1 is 1.05 bits per heavy atom. The van der Waals surface area contributed by atoms with Crippen molar-refractivity contribution in [1.82, 2.24) is 20.2 Å². The second-order valence-electron chi connectivity index (χ2n) is 11.3. The van der Waals surface area contributed by atoms with Crippen LogP contribution in [0.2, 0.25) is 0 Å². The molecule has 4 aromatic rings. The Hall–Kier alpha value is -4.18. The van der Waals surface area contributed by atoms with Gasteiger partial charge in [-0.2, -0.15) is 0 Å². The summed E-state index contributed by atoms with van der Waals surface area (Å²) in [5.74, 6) is -0.747. The van der Waals surface area contributed by atoms with Crippen molar-refractivity contribution in [2.24, 2.45) is 0 Å². The van der Waals surface area contributed by atoms with Crippen molar-refractivity contribution in [1.29, 1.82) is 0 Å². The monoisotopic (exact) mass is 617 g/mol. The zero-order valence-corrected chi connectivity index (χ0v) is 24.7. The Bertz CT molecular complexity index is 1590. The van der Waals surface area contributed by atoms with Gasteiger partial charge in [-0.3, -0.25) is 9.59 Å². The van der Waals surface area contributed by atoms with Crippen molar-refractivity contribution in [3.8, 4) is 11.3 Å². The molecular weight excluding hydrogens is 586 g/mol. The minimum atomic E-state index is -1.30. The number of aromatic amines is 1. The van der Waals surface area contributed by atoms with Gasteiger partial charge in [0.1, 0.15) is 16.7 Å². The maximum atomic E-state index is 13.6. The second-order valence-corrected chi connectivity index (χ2v) is 12.1. The first-order valence-corrected chi connectivity index (χ1v) is 14.3. The summed E-state index contributed by atoms with van der Waals surface area (Å²) < 4.78 is 0.761. The van der Waals surface area contributed by atoms with Crippen LogP contribution in [-0.4, -0.2) is 50.5 Å². The van der Waals surface area contributed by atoms with Gasteiger partial charge in [0.2, 0.25) is 5.91 Å². The van der Waals surface area contributed by atoms with Gasteiger partial charge >= 0.3 is 6.09 Å². The third-order valence-electron chi connectivity index (χ3n) is 7.37. The summed E-state index contributed by atoms with van der Waals surface area (Å²) in [6.45, 7) is 6.62. The van der Waals surface area contributed by atoms with Crippen LogP contribution in [0.15, 0.2) is 71.3 Å². The average molecular weight is 619 g/mol. The van der Waals surface area contributed by atoms with Gasteiger partial charge in [-0.15, -0.1) is 0 Å². The van der Waals surface area contributed by atoms with Gasteiger partial charge in [0.15, 0.2) is 0 Å². The molecule has 10 heteroatoms. The van der Waals surface area contributed by atoms with Crippen LogP contribution >= 0.6 is 15.9 Å². The van der Waals surface area contributed by atoms with Crippen LogP contribution in [0.25, 0.3) is 22.3 Å². The molecule has 0 aliphatic carbocycles. The number of carbonyl (C=O) groups excluding carboxylic acids is 2. The van der Waals surface area contributed by atoms with Gasteiger partial charge in [0.25, 0.3) is 5.91 Å². The summed E-state index contributed by atoms with van der Waals surface area (Å²) in [7, 11) is 0. The first-order chi connectivity index (χ1) is 19.5. The minimum Gasteiger partial charge on any atom is -0.465 e. The fourth-order valence-corrected chi connectivity index (χ4v) is 5.48. The highest BCUT2D eigenvalue weighted by atomic mass is 79.9. The number of pyridine rings is 1. The van der Waals surface area contributed by atoms with E-state index in [1.165, 1.54) is 4.90 Å². The Kier molecular flexibility index (Phi) is 7.86. The van der Waals surface area contributed by atoms with E-state index in [9.17, 15) is 19.5 Å². The number of likely N-dealkylation sites (tertiary alicyclic amines) is 1. The van der Waals surface area contributed by atoms with E-state index in [0.717, 1.165) is 32.5 Å². The molecule has 1 saturated heterocycles. The number of carboxylic acid groups (broad SMARTS) is 1. The van der Waals surface area contributed by atoms with Gasteiger partial charge < -0.3 is 25.6 Å². The summed E-state index contributed by atoms with van der Waals surface area (Å²) in [6, 6.07) is 18.8. The standard InChI is InChI=1S/C31H32BrN5O4/c1-31(2,3)20-10-6-19(7-11-20)27(36-30(40)41)29(39)37-16-4-5-25(37)28(38)33-21-12-8-18(9-13-21)23-17-24-22(34-23)14-15-26(32)35-24/h6-15,17,25,27,34,36H,4-5,16H2,1-3H3,(H,33,38)(H,40,41)/t25-,27-/m0/s1. The largest absolute Gasteiger partial charge is 0.465 e. The number of aromatic nitrogens is 2. The molecular formula is C31H32BrN5O4. The fourth-order valence-electron chi connectivity index (χ4n) is 5.15. The number of nitrogens with one attached hydrogen (secondary N) is 3. The summed E-state index contributed by atoms with van der Waals surface area (Å²) in [5.41, 5.74) is 5.74. The number of fused-ring (bicyclic) bond motifs is 1. The molecule has 0 unspecified atom stereocenters. The van der Waals surface area contributed by atoms with Crippen LogP contribution < -0.4 is 10.6 Å². The molecule has 41 heavy (non-hydrogen) atoms. The maximum absolute atomic E-state index is 13.6. The van der Waals surface area contributed by atoms with Gasteiger partial charge in [0.05, 0.1) is 11.0 Å². The molecule has 3 amide bonds. The van der Waals surface area contributed by atoms with Crippen LogP contribution in [0, 0.1) is 0 Å². The minimum absolute atomic E-state index is 0.0846. The lowest BCUT2D eigenvalue weighted by atomic mass is 9.86. The number of carbonyl (C=O) groups is 3. The van der Waals surface area contributed by atoms with Crippen LogP contribution in [0.5, 0.6) is 0 Å². The van der Waals surface area contributed by atoms with Crippen molar-refractivity contribution in [3.05, 3.63) is 82.5 Å². The molecule has 2 atom stereocenters. The first kappa shape index (κ1) is 28.4. The van der Waals surface area contributed by atoms with E-state index in [1.54, 1.807) is 12.1 Å². The Morgan fingerprint density at radius 3 is 2.41 bits per heavy atom. The Balaban J connectivity index is 1.30. The second kappa shape index (κ2) is 11.4. The molecule has 1 aliphatic rings. The number of H-pyrrole nitrogens is 1. The van der Waals surface area contributed by atoms with Gasteiger partial charge in [-0.05, 0) is 81.2 Å². The highest BCUT2D eigenvalue weighted by Gasteiger charge is 2.38. The molecule has 2 aromatic carbocycles. The van der Waals surface area contributed by atoms with Crippen LogP contribution in [0.4, 0.5) is 10.5 Å². The third kappa shape index (κ3) is 6.27. The van der Waals surface area contributed by atoms with Crippen molar-refractivity contribution in [3.63, 3.8) is 0 Å². The molecule has 0 spiro atoms. The third-order valence-corrected chi connectivity index (χ3v) is 7.81. The number of nitrogens with zero attached hydrogens (tertiary/aromatic N) is 2. The molecule has 1 fully saturated rings. The number of hydrogen-bond acceptors (Lipinski definition) is 4. The number of rotatable bonds is 6. The molecule has 0 radical (unpaired) electrons. The molecule has 0 saturated carbocycles. The Labute approximate surface area is 246 Å². The molecule has 2 aromatic heterocycles. The molecule has 0 bridgehead atoms. The predicted octanol–water partition coefficient (Wildman–Crippen LogP) is 6.23. The lowest BCUT2D eigenvalue weighted by Crippen LogP contribution is -2.48. The highest BCUT2D eigenvalue weighted by Crippen LogP contribution is 2.29. The van der Waals surface area contributed by atoms with E-state index in [1.807, 2.05) is 54.6 Å². The van der Waals surface area contributed by atoms with Crippen LogP contribution in [0.3, 0.4) is 0 Å². The summed E-state index contributed by atoms with van der Waals surface area (Å²) in [4.78, 5) is 47.9. The normalized spacial score (nSPS) is 16.0. The zero-order valence-electron chi connectivity index (χ0n) is 23.1. The number of amides is 3. The van der Waals surface area contributed by atoms with Gasteiger partial charge in [-0.1, -0.05) is 57.2 Å². The predicted molar refractivity (Wildman–Crippen MR) is 162 cm³/mol. The van der Waals surface area contributed by atoms with E-state index in [0.29, 0.717) is 30.6 Å². The summed E-state index contributed by atoms with van der Waals surface area (Å²) in [5, 5.41) is 14.8. The maximum Gasteiger partial charge on any atom is 0.405 e. The summed E-state index contributed by atoms with van der Waals surface area (Å²) >= 11 is 3.39. The molecule has 4 N–H and O–H groups in total. The van der Waals surface area contributed by atoms with E-state index < -0.39 is 24.1 Å². The number of benzene rings is 2. The molecule has 3 heterocycles. The highest BCUT2D eigenvalue weighted by molar-refractivity contribution is 9.10. The van der Waals surface area contributed by atoms with Crippen molar-refractivity contribution in [2.45, 2.75) is 51.1 Å². The molecule has 1 aliphatic heterocycles. The topological polar surface area (TPSA) is 127 Å². The smallest absolute Gasteiger partial charge is 0.405 e. The van der Waals surface area contributed by atoms with E-state index in [-0.39, 0.29) is 11.3 Å². The lowest BCUT2D eigenvalue weighted by molar-refractivity contribution is -0.138. The van der Waals surface area contributed by atoms with E-state index >= 15 is 0 Å². The quantitative estimate of drug-likeness (QED) is 0.191. The van der Waals surface area contributed by atoms with E-state index in [2.05, 4.69) is 57.3 Å². The van der Waals surface area contributed by atoms with Crippen LogP contribution in [0.1, 0.15) is 50.8 Å². The number of anilines is 1. The van der Waals surface area contributed by atoms with Gasteiger partial charge in [0, 0.05) is 17.9 Å². The molecule has 9 nitrogen and oxygen atoms in total. The van der Waals surface area contributed by atoms with Crippen LogP contribution in [-0.2, 0) is 15.0 Å². The lowest BCUT2D eigenvalue weighted by Gasteiger charge is -2.29. The van der Waals surface area contributed by atoms with Gasteiger partial charge in [-0.25, -0.2) is 9.78 Å². The number of halogens is 1. The fraction of sp³-hybridized carbons (Fsp3) is 0.290. The number of hydrogen-bond donors (Lipinski definition) is 4. The first-order valence-electron chi connectivity index (χ1n) is 13.5. The van der Waals surface area contributed by atoms with Crippen molar-refractivity contribution in [2.75, 3.05) is 11.9 Å². The van der Waals surface area contributed by atoms with Crippen molar-refractivity contribution >= 4 is 50.6 Å². The summed E-state index contributed by atoms with van der Waals surface area (Å²) in [6.07, 6.45) is -0.159.